The maximum absolute atomic E-state index is 4.98. The van der Waals surface area contributed by atoms with Gasteiger partial charge in [-0.3, -0.25) is 4.90 Å². The first-order chi connectivity index (χ1) is 6.88. The van der Waals surface area contributed by atoms with Gasteiger partial charge in [0.1, 0.15) is 0 Å². The Balaban J connectivity index is 1.96. The summed E-state index contributed by atoms with van der Waals surface area (Å²) >= 11 is 0. The molecule has 0 atom stereocenters. The number of hydrogen-bond donors (Lipinski definition) is 1. The van der Waals surface area contributed by atoms with Crippen LogP contribution in [0.5, 0.6) is 0 Å². The van der Waals surface area contributed by atoms with Gasteiger partial charge in [-0.05, 0) is 25.8 Å². The monoisotopic (exact) mass is 200 g/mol. The van der Waals surface area contributed by atoms with E-state index in [1.165, 1.54) is 32.4 Å². The van der Waals surface area contributed by atoms with E-state index in [1.54, 1.807) is 7.11 Å². The molecule has 84 valence electrons. The summed E-state index contributed by atoms with van der Waals surface area (Å²) in [4.78, 5) is 2.61. The van der Waals surface area contributed by atoms with Gasteiger partial charge in [-0.25, -0.2) is 0 Å². The molecule has 1 fully saturated rings. The molecule has 0 aromatic rings. The zero-order valence-electron chi connectivity index (χ0n) is 9.59. The Bertz CT molecular complexity index is 137. The third-order valence-electron chi connectivity index (χ3n) is 2.63. The number of ether oxygens (including phenoxy) is 1. The molecule has 0 aromatic carbocycles. The van der Waals surface area contributed by atoms with Gasteiger partial charge in [0, 0.05) is 32.8 Å². The van der Waals surface area contributed by atoms with Gasteiger partial charge < -0.3 is 10.1 Å². The highest BCUT2D eigenvalue weighted by Crippen LogP contribution is 2.26. The maximum atomic E-state index is 4.98. The predicted octanol–water partition coefficient (Wildman–Crippen LogP) is 1.10. The first-order valence-corrected chi connectivity index (χ1v) is 5.82. The molecule has 3 nitrogen and oxygen atoms in total. The fraction of sp³-hybridized carbons (Fsp3) is 1.00. The zero-order valence-corrected chi connectivity index (χ0v) is 9.59. The van der Waals surface area contributed by atoms with Gasteiger partial charge in [-0.1, -0.05) is 6.92 Å². The molecule has 1 aliphatic carbocycles. The first kappa shape index (κ1) is 12.0. The van der Waals surface area contributed by atoms with Crippen molar-refractivity contribution < 1.29 is 4.74 Å². The van der Waals surface area contributed by atoms with E-state index in [-0.39, 0.29) is 0 Å². The zero-order chi connectivity index (χ0) is 10.2. The fourth-order valence-electron chi connectivity index (χ4n) is 1.73. The van der Waals surface area contributed by atoms with Gasteiger partial charge in [0.05, 0.1) is 6.61 Å². The van der Waals surface area contributed by atoms with Gasteiger partial charge in [-0.15, -0.1) is 0 Å². The standard InChI is InChI=1S/C11H24N2O/c1-3-8-13(11-4-5-11)9-6-12-7-10-14-2/h11-12H,3-10H2,1-2H3. The number of hydrogen-bond acceptors (Lipinski definition) is 3. The molecule has 0 bridgehead atoms. The minimum absolute atomic E-state index is 0.817. The van der Waals surface area contributed by atoms with Crippen LogP contribution in [-0.4, -0.2) is 50.8 Å². The number of nitrogens with one attached hydrogen (secondary N) is 1. The Labute approximate surface area is 87.8 Å². The summed E-state index contributed by atoms with van der Waals surface area (Å²) in [5.74, 6) is 0. The molecule has 3 heteroatoms. The van der Waals surface area contributed by atoms with Crippen molar-refractivity contribution in [2.45, 2.75) is 32.2 Å². The van der Waals surface area contributed by atoms with E-state index in [2.05, 4.69) is 17.1 Å². The van der Waals surface area contributed by atoms with Crippen LogP contribution >= 0.6 is 0 Å². The van der Waals surface area contributed by atoms with Crippen molar-refractivity contribution in [2.75, 3.05) is 39.9 Å². The summed E-state index contributed by atoms with van der Waals surface area (Å²) in [6.45, 7) is 7.60. The average Bonchev–Trinajstić information content (AvgIpc) is 2.99. The molecule has 0 saturated heterocycles. The molecule has 1 aliphatic rings. The largest absolute Gasteiger partial charge is 0.383 e. The summed E-state index contributed by atoms with van der Waals surface area (Å²) in [5.41, 5.74) is 0. The molecule has 0 radical (unpaired) electrons. The molecule has 0 unspecified atom stereocenters. The Morgan fingerprint density at radius 2 is 2.07 bits per heavy atom. The van der Waals surface area contributed by atoms with Gasteiger partial charge in [-0.2, -0.15) is 0 Å². The Morgan fingerprint density at radius 1 is 1.29 bits per heavy atom. The van der Waals surface area contributed by atoms with Gasteiger partial charge in [0.15, 0.2) is 0 Å². The number of methoxy groups -OCH3 is 1. The summed E-state index contributed by atoms with van der Waals surface area (Å²) in [5, 5.41) is 3.39. The quantitative estimate of drug-likeness (QED) is 0.564. The second kappa shape index (κ2) is 7.21. The number of nitrogens with zero attached hydrogens (tertiary/aromatic N) is 1. The van der Waals surface area contributed by atoms with E-state index < -0.39 is 0 Å². The highest BCUT2D eigenvalue weighted by molar-refractivity contribution is 4.84. The summed E-state index contributed by atoms with van der Waals surface area (Å²) in [6.07, 6.45) is 4.10. The summed E-state index contributed by atoms with van der Waals surface area (Å²) in [6, 6.07) is 0.902. The van der Waals surface area contributed by atoms with Crippen LogP contribution in [0.15, 0.2) is 0 Å². The van der Waals surface area contributed by atoms with Crippen LogP contribution in [-0.2, 0) is 4.74 Å². The van der Waals surface area contributed by atoms with E-state index in [0.29, 0.717) is 0 Å². The van der Waals surface area contributed by atoms with Crippen LogP contribution in [0.1, 0.15) is 26.2 Å². The third kappa shape index (κ3) is 4.94. The van der Waals surface area contributed by atoms with Gasteiger partial charge >= 0.3 is 0 Å². The molecular formula is C11H24N2O. The lowest BCUT2D eigenvalue weighted by Gasteiger charge is -2.21. The molecule has 1 N–H and O–H groups in total. The Hall–Kier alpha value is -0.120. The SMILES string of the molecule is CCCN(CCNCCOC)C1CC1. The topological polar surface area (TPSA) is 24.5 Å². The van der Waals surface area contributed by atoms with Crippen LogP contribution in [0.4, 0.5) is 0 Å². The molecule has 0 aromatic heterocycles. The van der Waals surface area contributed by atoms with Crippen molar-refractivity contribution in [3.63, 3.8) is 0 Å². The maximum Gasteiger partial charge on any atom is 0.0587 e. The lowest BCUT2D eigenvalue weighted by Crippen LogP contribution is -2.35. The molecule has 14 heavy (non-hydrogen) atoms. The highest BCUT2D eigenvalue weighted by Gasteiger charge is 2.27. The Kier molecular flexibility index (Phi) is 6.15. The van der Waals surface area contributed by atoms with Crippen molar-refractivity contribution in [3.8, 4) is 0 Å². The van der Waals surface area contributed by atoms with E-state index >= 15 is 0 Å². The van der Waals surface area contributed by atoms with Crippen molar-refractivity contribution in [3.05, 3.63) is 0 Å². The summed E-state index contributed by atoms with van der Waals surface area (Å²) < 4.78 is 4.98. The van der Waals surface area contributed by atoms with Crippen LogP contribution in [0.25, 0.3) is 0 Å². The minimum Gasteiger partial charge on any atom is -0.383 e. The van der Waals surface area contributed by atoms with Crippen LogP contribution in [0.3, 0.4) is 0 Å². The molecule has 0 aliphatic heterocycles. The summed E-state index contributed by atoms with van der Waals surface area (Å²) in [7, 11) is 1.75. The molecule has 0 heterocycles. The molecule has 1 saturated carbocycles. The van der Waals surface area contributed by atoms with Crippen LogP contribution in [0, 0.1) is 0 Å². The second-order valence-electron chi connectivity index (χ2n) is 4.01. The molecule has 1 rings (SSSR count). The highest BCUT2D eigenvalue weighted by atomic mass is 16.5. The normalized spacial score (nSPS) is 16.5. The Morgan fingerprint density at radius 3 is 2.64 bits per heavy atom. The van der Waals surface area contributed by atoms with Crippen LogP contribution < -0.4 is 5.32 Å². The number of rotatable bonds is 9. The molecule has 0 amide bonds. The van der Waals surface area contributed by atoms with E-state index in [4.69, 9.17) is 4.74 Å². The van der Waals surface area contributed by atoms with E-state index in [1.807, 2.05) is 0 Å². The third-order valence-corrected chi connectivity index (χ3v) is 2.63. The smallest absolute Gasteiger partial charge is 0.0587 e. The fourth-order valence-corrected chi connectivity index (χ4v) is 1.73. The van der Waals surface area contributed by atoms with E-state index in [0.717, 1.165) is 25.7 Å². The lowest BCUT2D eigenvalue weighted by atomic mass is 10.4. The minimum atomic E-state index is 0.817. The molecular weight excluding hydrogens is 176 g/mol. The van der Waals surface area contributed by atoms with Crippen molar-refractivity contribution >= 4 is 0 Å². The van der Waals surface area contributed by atoms with E-state index in [9.17, 15) is 0 Å². The van der Waals surface area contributed by atoms with Crippen molar-refractivity contribution in [2.24, 2.45) is 0 Å². The van der Waals surface area contributed by atoms with Crippen LogP contribution in [0.2, 0.25) is 0 Å². The van der Waals surface area contributed by atoms with Gasteiger partial charge in [0.2, 0.25) is 0 Å². The predicted molar refractivity (Wildman–Crippen MR) is 59.6 cm³/mol. The molecule has 0 spiro atoms. The van der Waals surface area contributed by atoms with Crippen molar-refractivity contribution in [1.29, 1.82) is 0 Å². The second-order valence-corrected chi connectivity index (χ2v) is 4.01. The average molecular weight is 200 g/mol. The van der Waals surface area contributed by atoms with Gasteiger partial charge in [0.25, 0.3) is 0 Å². The lowest BCUT2D eigenvalue weighted by molar-refractivity contribution is 0.196. The first-order valence-electron chi connectivity index (χ1n) is 5.82. The van der Waals surface area contributed by atoms with Crippen molar-refractivity contribution in [1.82, 2.24) is 10.2 Å².